The van der Waals surface area contributed by atoms with Crippen LogP contribution in [-0.2, 0) is 4.79 Å². The summed E-state index contributed by atoms with van der Waals surface area (Å²) in [5, 5.41) is 2.81. The highest BCUT2D eigenvalue weighted by Crippen LogP contribution is 2.22. The summed E-state index contributed by atoms with van der Waals surface area (Å²) in [6, 6.07) is 5.51. The van der Waals surface area contributed by atoms with Crippen molar-refractivity contribution in [2.75, 3.05) is 13.2 Å². The zero-order valence-electron chi connectivity index (χ0n) is 13.5. The van der Waals surface area contributed by atoms with Gasteiger partial charge >= 0.3 is 0 Å². The fourth-order valence-corrected chi connectivity index (χ4v) is 1.86. The number of hydrogen-bond donors (Lipinski definition) is 2. The van der Waals surface area contributed by atoms with Crippen LogP contribution in [0.15, 0.2) is 18.2 Å². The van der Waals surface area contributed by atoms with Crippen molar-refractivity contribution >= 4 is 18.3 Å². The van der Waals surface area contributed by atoms with Gasteiger partial charge in [0.1, 0.15) is 12.4 Å². The van der Waals surface area contributed by atoms with Gasteiger partial charge in [-0.1, -0.05) is 39.0 Å². The van der Waals surface area contributed by atoms with Crippen LogP contribution in [0.25, 0.3) is 0 Å². The number of ether oxygens (including phenoxy) is 1. The van der Waals surface area contributed by atoms with Crippen LogP contribution < -0.4 is 15.8 Å². The zero-order valence-corrected chi connectivity index (χ0v) is 14.3. The molecule has 5 heteroatoms. The number of aryl methyl sites for hydroxylation is 2. The average Bonchev–Trinajstić information content (AvgIpc) is 2.35. The number of nitrogens with one attached hydrogen (secondary N) is 1. The summed E-state index contributed by atoms with van der Waals surface area (Å²) < 4.78 is 5.73. The van der Waals surface area contributed by atoms with Gasteiger partial charge in [0.15, 0.2) is 0 Å². The third kappa shape index (κ3) is 5.94. The van der Waals surface area contributed by atoms with Gasteiger partial charge in [-0.15, -0.1) is 12.4 Å². The highest BCUT2D eigenvalue weighted by molar-refractivity contribution is 5.85. The second kappa shape index (κ2) is 8.25. The van der Waals surface area contributed by atoms with Gasteiger partial charge in [0, 0.05) is 0 Å². The summed E-state index contributed by atoms with van der Waals surface area (Å²) in [7, 11) is 0. The molecule has 0 aliphatic carbocycles. The van der Waals surface area contributed by atoms with Crippen molar-refractivity contribution in [1.29, 1.82) is 0 Å². The Hall–Kier alpha value is -1.26. The van der Waals surface area contributed by atoms with Crippen LogP contribution in [0.1, 0.15) is 31.9 Å². The lowest BCUT2D eigenvalue weighted by molar-refractivity contribution is -0.124. The normalized spacial score (nSPS) is 12.3. The molecule has 0 aliphatic heterocycles. The van der Waals surface area contributed by atoms with Crippen LogP contribution in [0.5, 0.6) is 5.75 Å². The Morgan fingerprint density at radius 2 is 1.81 bits per heavy atom. The smallest absolute Gasteiger partial charge is 0.237 e. The first-order valence-corrected chi connectivity index (χ1v) is 6.96. The van der Waals surface area contributed by atoms with E-state index in [4.69, 9.17) is 10.5 Å². The van der Waals surface area contributed by atoms with Crippen LogP contribution in [0.2, 0.25) is 0 Å². The van der Waals surface area contributed by atoms with Crippen LogP contribution in [-0.4, -0.2) is 25.1 Å². The molecule has 0 aromatic heterocycles. The van der Waals surface area contributed by atoms with Crippen molar-refractivity contribution in [2.45, 2.75) is 40.7 Å². The summed E-state index contributed by atoms with van der Waals surface area (Å²) in [6.07, 6.45) is 0. The summed E-state index contributed by atoms with van der Waals surface area (Å²) in [4.78, 5) is 11.8. The molecule has 0 fully saturated rings. The molecule has 0 spiro atoms. The maximum Gasteiger partial charge on any atom is 0.237 e. The highest BCUT2D eigenvalue weighted by atomic mass is 35.5. The Morgan fingerprint density at radius 1 is 1.29 bits per heavy atom. The minimum absolute atomic E-state index is 0. The number of carbonyl (C=O) groups is 1. The first-order chi connectivity index (χ1) is 9.23. The summed E-state index contributed by atoms with van der Waals surface area (Å²) in [5.41, 5.74) is 7.84. The summed E-state index contributed by atoms with van der Waals surface area (Å²) in [6.45, 7) is 10.8. The Balaban J connectivity index is 0.00000400. The second-order valence-corrected chi connectivity index (χ2v) is 6.20. The van der Waals surface area contributed by atoms with Gasteiger partial charge in [0.05, 0.1) is 12.6 Å². The number of para-hydroxylation sites is 1. The number of benzene rings is 1. The molecule has 1 atom stereocenters. The monoisotopic (exact) mass is 314 g/mol. The minimum Gasteiger partial charge on any atom is -0.491 e. The van der Waals surface area contributed by atoms with E-state index in [2.05, 4.69) is 5.32 Å². The molecule has 1 rings (SSSR count). The number of rotatable bonds is 5. The Bertz CT molecular complexity index is 450. The Morgan fingerprint density at radius 3 is 2.29 bits per heavy atom. The lowest BCUT2D eigenvalue weighted by atomic mass is 9.87. The number of nitrogens with two attached hydrogens (primary N) is 1. The first-order valence-electron chi connectivity index (χ1n) is 6.96. The number of hydrogen-bond acceptors (Lipinski definition) is 3. The van der Waals surface area contributed by atoms with Crippen molar-refractivity contribution < 1.29 is 9.53 Å². The van der Waals surface area contributed by atoms with E-state index in [1.54, 1.807) is 0 Å². The quantitative estimate of drug-likeness (QED) is 0.821. The van der Waals surface area contributed by atoms with Crippen LogP contribution in [0.3, 0.4) is 0 Å². The number of amides is 1. The molecule has 0 bridgehead atoms. The lowest BCUT2D eigenvalue weighted by Gasteiger charge is -2.25. The van der Waals surface area contributed by atoms with E-state index >= 15 is 0 Å². The van der Waals surface area contributed by atoms with Gasteiger partial charge in [0.25, 0.3) is 0 Å². The molecule has 4 nitrogen and oxygen atoms in total. The Labute approximate surface area is 133 Å². The van der Waals surface area contributed by atoms with Gasteiger partial charge in [-0.05, 0) is 30.4 Å². The zero-order chi connectivity index (χ0) is 15.3. The summed E-state index contributed by atoms with van der Waals surface area (Å²) >= 11 is 0. The topological polar surface area (TPSA) is 64.3 Å². The molecular weight excluding hydrogens is 288 g/mol. The molecule has 0 aliphatic rings. The molecule has 1 aromatic carbocycles. The Kier molecular flexibility index (Phi) is 7.75. The predicted molar refractivity (Wildman–Crippen MR) is 89.1 cm³/mol. The van der Waals surface area contributed by atoms with Gasteiger partial charge < -0.3 is 15.8 Å². The SMILES string of the molecule is Cc1cccc(C)c1OCCNC(=O)[C@@H](N)C(C)(C)C.Cl. The van der Waals surface area contributed by atoms with E-state index in [1.807, 2.05) is 52.8 Å². The molecule has 0 radical (unpaired) electrons. The van der Waals surface area contributed by atoms with E-state index in [1.165, 1.54) is 0 Å². The molecule has 3 N–H and O–H groups in total. The van der Waals surface area contributed by atoms with Crippen molar-refractivity contribution in [2.24, 2.45) is 11.1 Å². The van der Waals surface area contributed by atoms with Gasteiger partial charge in [-0.2, -0.15) is 0 Å². The van der Waals surface area contributed by atoms with E-state index in [9.17, 15) is 4.79 Å². The molecule has 120 valence electrons. The fourth-order valence-electron chi connectivity index (χ4n) is 1.86. The number of halogens is 1. The average molecular weight is 315 g/mol. The molecule has 0 saturated carbocycles. The molecule has 0 heterocycles. The lowest BCUT2D eigenvalue weighted by Crippen LogP contribution is -2.49. The largest absolute Gasteiger partial charge is 0.491 e. The maximum absolute atomic E-state index is 11.8. The van der Waals surface area contributed by atoms with Crippen molar-refractivity contribution in [3.63, 3.8) is 0 Å². The van der Waals surface area contributed by atoms with Crippen LogP contribution >= 0.6 is 12.4 Å². The number of carbonyl (C=O) groups excluding carboxylic acids is 1. The van der Waals surface area contributed by atoms with Crippen molar-refractivity contribution in [1.82, 2.24) is 5.32 Å². The maximum atomic E-state index is 11.8. The predicted octanol–water partition coefficient (Wildman–Crippen LogP) is 2.59. The van der Waals surface area contributed by atoms with E-state index < -0.39 is 6.04 Å². The minimum atomic E-state index is -0.511. The molecule has 0 saturated heterocycles. The van der Waals surface area contributed by atoms with Gasteiger partial charge in [-0.25, -0.2) is 0 Å². The van der Waals surface area contributed by atoms with Crippen molar-refractivity contribution in [3.8, 4) is 5.75 Å². The first kappa shape index (κ1) is 19.7. The van der Waals surface area contributed by atoms with Gasteiger partial charge in [-0.3, -0.25) is 4.79 Å². The van der Waals surface area contributed by atoms with Crippen molar-refractivity contribution in [3.05, 3.63) is 29.3 Å². The van der Waals surface area contributed by atoms with E-state index in [-0.39, 0.29) is 23.7 Å². The molecule has 1 aromatic rings. The fraction of sp³-hybridized carbons (Fsp3) is 0.562. The highest BCUT2D eigenvalue weighted by Gasteiger charge is 2.26. The second-order valence-electron chi connectivity index (χ2n) is 6.20. The standard InChI is InChI=1S/C16H26N2O2.ClH/c1-11-7-6-8-12(2)13(11)20-10-9-18-15(19)14(17)16(3,4)5;/h6-8,14H,9-10,17H2,1-5H3,(H,18,19);1H/t14-;/m1./s1. The van der Waals surface area contributed by atoms with E-state index in [0.717, 1.165) is 16.9 Å². The molecule has 1 amide bonds. The molecular formula is C16H27ClN2O2. The third-order valence-electron chi connectivity index (χ3n) is 3.27. The third-order valence-corrected chi connectivity index (χ3v) is 3.27. The summed E-state index contributed by atoms with van der Waals surface area (Å²) in [5.74, 6) is 0.754. The van der Waals surface area contributed by atoms with Crippen LogP contribution in [0, 0.1) is 19.3 Å². The van der Waals surface area contributed by atoms with E-state index in [0.29, 0.717) is 13.2 Å². The molecule has 0 unspecified atom stereocenters. The van der Waals surface area contributed by atoms with Crippen LogP contribution in [0.4, 0.5) is 0 Å². The molecule has 21 heavy (non-hydrogen) atoms. The van der Waals surface area contributed by atoms with Gasteiger partial charge in [0.2, 0.25) is 5.91 Å².